The summed E-state index contributed by atoms with van der Waals surface area (Å²) in [5.41, 5.74) is 2.64. The van der Waals surface area contributed by atoms with Gasteiger partial charge < -0.3 is 29.8 Å². The first-order valence-corrected chi connectivity index (χ1v) is 15.1. The van der Waals surface area contributed by atoms with Crippen molar-refractivity contribution in [2.45, 2.75) is 27.7 Å². The zero-order valence-electron chi connectivity index (χ0n) is 29.5. The van der Waals surface area contributed by atoms with E-state index in [2.05, 4.69) is 30.7 Å². The van der Waals surface area contributed by atoms with Gasteiger partial charge in [0.25, 0.3) is 11.1 Å². The minimum atomic E-state index is -0.395. The van der Waals surface area contributed by atoms with Crippen molar-refractivity contribution in [2.75, 3.05) is 0 Å². The minimum absolute atomic E-state index is 0. The summed E-state index contributed by atoms with van der Waals surface area (Å²) in [6.07, 6.45) is 0. The molecule has 0 amide bonds. The van der Waals surface area contributed by atoms with E-state index in [-0.39, 0.29) is 112 Å². The summed E-state index contributed by atoms with van der Waals surface area (Å²) in [6, 6.07) is 24.0. The van der Waals surface area contributed by atoms with E-state index in [1.807, 2.05) is 36.4 Å². The third-order valence-corrected chi connectivity index (χ3v) is 7.37. The molecular weight excluding hydrogens is 753 g/mol. The molecule has 12 nitrogen and oxygen atoms in total. The molecule has 51 heavy (non-hydrogen) atoms. The van der Waals surface area contributed by atoms with Crippen molar-refractivity contribution >= 4 is 46.0 Å². The topological polar surface area (TPSA) is 168 Å². The van der Waals surface area contributed by atoms with Gasteiger partial charge >= 0.3 is 77.9 Å². The van der Waals surface area contributed by atoms with Crippen LogP contribution in [0, 0.1) is 27.7 Å². The van der Waals surface area contributed by atoms with Crippen molar-refractivity contribution in [3.63, 3.8) is 0 Å². The molecular formula is C34H27Cl2CrN8Na2O4+2. The van der Waals surface area contributed by atoms with Gasteiger partial charge in [-0.25, -0.2) is 0 Å². The second-order valence-electron chi connectivity index (χ2n) is 10.5. The molecule has 0 bridgehead atoms. The van der Waals surface area contributed by atoms with Crippen LogP contribution in [0.5, 0.6) is 11.5 Å². The van der Waals surface area contributed by atoms with Crippen molar-refractivity contribution in [1.82, 2.24) is 19.6 Å². The average Bonchev–Trinajstić information content (AvgIpc) is 3.52. The van der Waals surface area contributed by atoms with Gasteiger partial charge in [-0.3, -0.25) is 9.59 Å². The van der Waals surface area contributed by atoms with E-state index in [0.29, 0.717) is 43.9 Å². The summed E-state index contributed by atoms with van der Waals surface area (Å²) >= 11 is 11.9. The molecule has 0 fully saturated rings. The van der Waals surface area contributed by atoms with Gasteiger partial charge in [-0.2, -0.15) is 10.2 Å². The molecule has 0 aliphatic rings. The van der Waals surface area contributed by atoms with E-state index in [1.54, 1.807) is 64.1 Å². The molecule has 2 heterocycles. The molecule has 0 saturated carbocycles. The minimum Gasteiger partial charge on any atom is -0.871 e. The van der Waals surface area contributed by atoms with Crippen molar-refractivity contribution in [2.24, 2.45) is 20.5 Å². The van der Waals surface area contributed by atoms with Gasteiger partial charge in [0, 0.05) is 21.4 Å². The Morgan fingerprint density at radius 2 is 0.922 bits per heavy atom. The SMILES string of the molecule is Cc1cc(Cl)cc(N=Nc2c(C)[n-]n(-c3ccccc3)c2=O)c1[O-].Cc1cc(Cl)cc(N=Nc2c(C)[n-]n(-c3ccccc3)c2=O)c1[O-].[Cr+3].[H+].[Na+].[Na+]. The molecule has 0 spiro atoms. The molecule has 2 aromatic heterocycles. The van der Waals surface area contributed by atoms with Gasteiger partial charge in [0.15, 0.2) is 0 Å². The van der Waals surface area contributed by atoms with E-state index in [0.717, 1.165) is 0 Å². The number of nitrogens with zero attached hydrogens (tertiary/aromatic N) is 8. The summed E-state index contributed by atoms with van der Waals surface area (Å²) < 4.78 is 2.51. The molecule has 6 aromatic rings. The van der Waals surface area contributed by atoms with Crippen LogP contribution in [0.1, 0.15) is 23.9 Å². The summed E-state index contributed by atoms with van der Waals surface area (Å²) in [5, 5.41) is 48.9. The quantitative estimate of drug-likeness (QED) is 0.182. The predicted molar refractivity (Wildman–Crippen MR) is 181 cm³/mol. The van der Waals surface area contributed by atoms with Gasteiger partial charge in [-0.1, -0.05) is 96.1 Å². The first kappa shape index (κ1) is 44.0. The Bertz CT molecular complexity index is 2140. The normalized spacial score (nSPS) is 10.6. The van der Waals surface area contributed by atoms with Crippen LogP contribution < -0.4 is 90.6 Å². The van der Waals surface area contributed by atoms with Gasteiger partial charge in [-0.05, 0) is 62.4 Å². The fourth-order valence-corrected chi connectivity index (χ4v) is 5.03. The number of hydrogen-bond acceptors (Lipinski definition) is 8. The second kappa shape index (κ2) is 19.6. The van der Waals surface area contributed by atoms with Gasteiger partial charge in [0.05, 0.1) is 11.4 Å². The number of rotatable bonds is 6. The van der Waals surface area contributed by atoms with E-state index in [9.17, 15) is 19.8 Å². The van der Waals surface area contributed by atoms with Crippen LogP contribution in [0.4, 0.5) is 22.7 Å². The molecule has 0 saturated heterocycles. The Morgan fingerprint density at radius 3 is 1.25 bits per heavy atom. The van der Waals surface area contributed by atoms with Gasteiger partial charge in [0.1, 0.15) is 11.4 Å². The van der Waals surface area contributed by atoms with Crippen molar-refractivity contribution in [3.05, 3.63) is 138 Å². The Balaban J connectivity index is 0.000000483. The maximum Gasteiger partial charge on any atom is 3.00 e. The fourth-order valence-electron chi connectivity index (χ4n) is 4.50. The van der Waals surface area contributed by atoms with E-state index < -0.39 is 11.1 Å². The van der Waals surface area contributed by atoms with E-state index in [4.69, 9.17) is 23.2 Å². The molecule has 247 valence electrons. The predicted octanol–water partition coefficient (Wildman–Crippen LogP) is 1.23. The number of benzene rings is 4. The molecule has 17 heteroatoms. The molecule has 0 aliphatic carbocycles. The molecule has 0 N–H and O–H groups in total. The maximum atomic E-state index is 12.5. The number of aromatic nitrogens is 4. The number of azo groups is 2. The van der Waals surface area contributed by atoms with Gasteiger partial charge in [-0.15, -0.1) is 21.6 Å². The monoisotopic (exact) mass is 779 g/mol. The fraction of sp³-hybridized carbons (Fsp3) is 0.118. The Morgan fingerprint density at radius 1 is 0.588 bits per heavy atom. The maximum absolute atomic E-state index is 12.5. The molecule has 0 atom stereocenters. The average molecular weight is 781 g/mol. The first-order chi connectivity index (χ1) is 22.9. The van der Waals surface area contributed by atoms with Gasteiger partial charge in [0.2, 0.25) is 0 Å². The molecule has 4 aromatic carbocycles. The van der Waals surface area contributed by atoms with Crippen LogP contribution in [-0.4, -0.2) is 9.36 Å². The third kappa shape index (κ3) is 10.5. The zero-order chi connectivity index (χ0) is 34.5. The van der Waals surface area contributed by atoms with Crippen LogP contribution in [0.15, 0.2) is 115 Å². The third-order valence-electron chi connectivity index (χ3n) is 6.93. The first-order valence-electron chi connectivity index (χ1n) is 14.4. The molecule has 1 radical (unpaired) electrons. The van der Waals surface area contributed by atoms with Crippen molar-refractivity contribution in [3.8, 4) is 22.9 Å². The Labute approximate surface area is 359 Å². The summed E-state index contributed by atoms with van der Waals surface area (Å²) in [4.78, 5) is 24.9. The van der Waals surface area contributed by atoms with Crippen LogP contribution in [-0.2, 0) is 17.4 Å². The number of para-hydroxylation sites is 2. The summed E-state index contributed by atoms with van der Waals surface area (Å²) in [5.74, 6) is -0.549. The largest absolute Gasteiger partial charge is 3.00 e. The molecule has 0 aliphatic heterocycles. The number of aryl methyl sites for hydroxylation is 4. The van der Waals surface area contributed by atoms with Crippen LogP contribution in [0.25, 0.3) is 11.4 Å². The molecule has 6 rings (SSSR count). The summed E-state index contributed by atoms with van der Waals surface area (Å²) in [7, 11) is 0. The summed E-state index contributed by atoms with van der Waals surface area (Å²) in [6.45, 7) is 6.61. The van der Waals surface area contributed by atoms with E-state index >= 15 is 0 Å². The molecule has 0 unspecified atom stereocenters. The van der Waals surface area contributed by atoms with Crippen molar-refractivity contribution in [1.29, 1.82) is 0 Å². The number of hydrogen-bond donors (Lipinski definition) is 0. The van der Waals surface area contributed by atoms with Crippen LogP contribution >= 0.6 is 23.2 Å². The Kier molecular flexibility index (Phi) is 16.9. The smallest absolute Gasteiger partial charge is 0.871 e. The zero-order valence-corrected chi connectivity index (χ0v) is 35.2. The van der Waals surface area contributed by atoms with E-state index in [1.165, 1.54) is 21.5 Å². The van der Waals surface area contributed by atoms with Crippen LogP contribution in [0.3, 0.4) is 0 Å². The standard InChI is InChI=1S/2C17H15ClN4O2.Cr.2Na/c2*1-10-8-12(18)9-14(16(10)23)19-20-15-11(2)21-22(17(15)24)13-6-4-3-5-7-13;;;/h2*3-9H,1-2H3,(H2,19,20,21,23,24);;;/q;;+3;2*+1/p-3. The second-order valence-corrected chi connectivity index (χ2v) is 11.4. The number of halogens is 2. The Hall–Kier alpha value is -3.19. The van der Waals surface area contributed by atoms with Crippen molar-refractivity contribution < 1.29 is 88.1 Å². The van der Waals surface area contributed by atoms with Crippen LogP contribution in [0.2, 0.25) is 10.0 Å².